The van der Waals surface area contributed by atoms with Crippen LogP contribution in [0.1, 0.15) is 27.2 Å². The van der Waals surface area contributed by atoms with E-state index in [9.17, 15) is 14.4 Å². The van der Waals surface area contributed by atoms with Crippen LogP contribution >= 0.6 is 11.8 Å². The quantitative estimate of drug-likeness (QED) is 0.764. The van der Waals surface area contributed by atoms with Crippen LogP contribution in [-0.4, -0.2) is 39.7 Å². The minimum absolute atomic E-state index is 0.0771. The molecule has 0 aliphatic carbocycles. The second-order valence-electron chi connectivity index (χ2n) is 4.45. The van der Waals surface area contributed by atoms with Gasteiger partial charge in [0.15, 0.2) is 5.78 Å². The number of allylic oxidation sites excluding steroid dienone is 1. The smallest absolute Gasteiger partial charge is 0.253 e. The SMILES string of the molecule is CCC1=C(C(C)=O)N2C(=O)[C@@H](NC(C)=O)[C@H]2SC1. The molecule has 0 bridgehead atoms. The highest BCUT2D eigenvalue weighted by Crippen LogP contribution is 2.41. The number of nitrogens with one attached hydrogen (secondary N) is 1. The zero-order valence-electron chi connectivity index (χ0n) is 10.6. The van der Waals surface area contributed by atoms with E-state index in [1.165, 1.54) is 18.7 Å². The van der Waals surface area contributed by atoms with Gasteiger partial charge in [-0.2, -0.15) is 0 Å². The Balaban J connectivity index is 2.26. The first-order chi connectivity index (χ1) is 8.47. The molecule has 1 fully saturated rings. The normalized spacial score (nSPS) is 26.6. The molecule has 2 rings (SSSR count). The minimum atomic E-state index is -0.486. The number of rotatable bonds is 3. The first kappa shape index (κ1) is 13.1. The number of carbonyl (C=O) groups excluding carboxylic acids is 3. The lowest BCUT2D eigenvalue weighted by Gasteiger charge is -2.50. The van der Waals surface area contributed by atoms with Crippen LogP contribution in [0.2, 0.25) is 0 Å². The molecule has 2 aliphatic rings. The first-order valence-electron chi connectivity index (χ1n) is 5.92. The van der Waals surface area contributed by atoms with Crippen LogP contribution in [0.5, 0.6) is 0 Å². The molecule has 2 aliphatic heterocycles. The lowest BCUT2D eigenvalue weighted by molar-refractivity contribution is -0.147. The molecule has 0 aromatic heterocycles. The fraction of sp³-hybridized carbons (Fsp3) is 0.583. The van der Waals surface area contributed by atoms with Gasteiger partial charge in [0.25, 0.3) is 5.91 Å². The van der Waals surface area contributed by atoms with Crippen molar-refractivity contribution >= 4 is 29.4 Å². The molecule has 5 nitrogen and oxygen atoms in total. The number of thioether (sulfide) groups is 1. The Morgan fingerprint density at radius 3 is 2.61 bits per heavy atom. The van der Waals surface area contributed by atoms with Gasteiger partial charge in [0, 0.05) is 19.6 Å². The Labute approximate surface area is 110 Å². The van der Waals surface area contributed by atoms with Crippen LogP contribution < -0.4 is 5.32 Å². The number of amides is 2. The highest BCUT2D eigenvalue weighted by atomic mass is 32.2. The topological polar surface area (TPSA) is 66.5 Å². The molecule has 0 unspecified atom stereocenters. The van der Waals surface area contributed by atoms with Crippen LogP contribution in [0, 0.1) is 0 Å². The minimum Gasteiger partial charge on any atom is -0.342 e. The lowest BCUT2D eigenvalue weighted by Crippen LogP contribution is -2.70. The van der Waals surface area contributed by atoms with E-state index < -0.39 is 6.04 Å². The monoisotopic (exact) mass is 268 g/mol. The number of ketones is 1. The summed E-state index contributed by atoms with van der Waals surface area (Å²) in [5.74, 6) is 0.268. The maximum absolute atomic E-state index is 12.0. The van der Waals surface area contributed by atoms with Gasteiger partial charge in [-0.3, -0.25) is 19.3 Å². The maximum atomic E-state index is 12.0. The lowest BCUT2D eigenvalue weighted by atomic mass is 10.00. The Hall–Kier alpha value is -1.30. The van der Waals surface area contributed by atoms with Gasteiger partial charge in [0.05, 0.1) is 5.70 Å². The van der Waals surface area contributed by atoms with Crippen molar-refractivity contribution in [2.24, 2.45) is 0 Å². The van der Waals surface area contributed by atoms with Crippen molar-refractivity contribution in [2.75, 3.05) is 5.75 Å². The molecule has 18 heavy (non-hydrogen) atoms. The second kappa shape index (κ2) is 4.76. The Morgan fingerprint density at radius 2 is 2.11 bits per heavy atom. The molecule has 0 aromatic carbocycles. The molecule has 98 valence electrons. The van der Waals surface area contributed by atoms with E-state index in [1.807, 2.05) is 6.92 Å². The number of hydrogen-bond acceptors (Lipinski definition) is 4. The molecule has 1 saturated heterocycles. The molecule has 6 heteroatoms. The van der Waals surface area contributed by atoms with E-state index in [-0.39, 0.29) is 23.0 Å². The average molecular weight is 268 g/mol. The Bertz CT molecular complexity index is 458. The van der Waals surface area contributed by atoms with Crippen LogP contribution in [0.25, 0.3) is 0 Å². The van der Waals surface area contributed by atoms with E-state index in [0.717, 1.165) is 17.7 Å². The van der Waals surface area contributed by atoms with E-state index in [1.54, 1.807) is 11.8 Å². The fourth-order valence-electron chi connectivity index (χ4n) is 2.34. The van der Waals surface area contributed by atoms with E-state index in [4.69, 9.17) is 0 Å². The number of nitrogens with zero attached hydrogens (tertiary/aromatic N) is 1. The predicted molar refractivity (Wildman–Crippen MR) is 68.7 cm³/mol. The summed E-state index contributed by atoms with van der Waals surface area (Å²) in [7, 11) is 0. The molecule has 0 spiro atoms. The largest absolute Gasteiger partial charge is 0.342 e. The predicted octanol–water partition coefficient (Wildman–Crippen LogP) is 0.659. The average Bonchev–Trinajstić information content (AvgIpc) is 2.33. The number of β-lactam (4-membered cyclic amide) rings is 1. The van der Waals surface area contributed by atoms with Gasteiger partial charge >= 0.3 is 0 Å². The summed E-state index contributed by atoms with van der Waals surface area (Å²) >= 11 is 1.60. The van der Waals surface area contributed by atoms with Crippen molar-refractivity contribution in [3.8, 4) is 0 Å². The van der Waals surface area contributed by atoms with Crippen molar-refractivity contribution in [3.05, 3.63) is 11.3 Å². The number of Topliss-reactive ketones (excluding diaryl/α,β-unsaturated/α-hetero) is 1. The summed E-state index contributed by atoms with van der Waals surface area (Å²) in [5, 5.41) is 2.51. The third-order valence-corrected chi connectivity index (χ3v) is 4.51. The first-order valence-corrected chi connectivity index (χ1v) is 6.97. The zero-order chi connectivity index (χ0) is 13.4. The van der Waals surface area contributed by atoms with Crippen molar-refractivity contribution in [3.63, 3.8) is 0 Å². The summed E-state index contributed by atoms with van der Waals surface area (Å²) in [6.45, 7) is 4.86. The molecule has 0 radical (unpaired) electrons. The second-order valence-corrected chi connectivity index (χ2v) is 5.55. The van der Waals surface area contributed by atoms with Gasteiger partial charge in [0.2, 0.25) is 5.91 Å². The van der Waals surface area contributed by atoms with E-state index in [0.29, 0.717) is 5.70 Å². The summed E-state index contributed by atoms with van der Waals surface area (Å²) in [5.41, 5.74) is 1.55. The van der Waals surface area contributed by atoms with Gasteiger partial charge in [-0.1, -0.05) is 6.92 Å². The van der Waals surface area contributed by atoms with Gasteiger partial charge in [-0.05, 0) is 12.0 Å². The Morgan fingerprint density at radius 1 is 1.44 bits per heavy atom. The molecule has 2 heterocycles. The third kappa shape index (κ3) is 1.94. The molecule has 0 aromatic rings. The van der Waals surface area contributed by atoms with Crippen LogP contribution in [0.4, 0.5) is 0 Å². The van der Waals surface area contributed by atoms with Crippen LogP contribution in [0.3, 0.4) is 0 Å². The highest BCUT2D eigenvalue weighted by molar-refractivity contribution is 8.00. The van der Waals surface area contributed by atoms with Crippen LogP contribution in [0.15, 0.2) is 11.3 Å². The van der Waals surface area contributed by atoms with Crippen molar-refractivity contribution < 1.29 is 14.4 Å². The molecule has 2 atom stereocenters. The number of carbonyl (C=O) groups is 3. The molecule has 2 amide bonds. The molecule has 1 N–H and O–H groups in total. The van der Waals surface area contributed by atoms with Gasteiger partial charge in [-0.15, -0.1) is 11.8 Å². The summed E-state index contributed by atoms with van der Waals surface area (Å²) in [6, 6.07) is -0.486. The van der Waals surface area contributed by atoms with Gasteiger partial charge < -0.3 is 5.32 Å². The summed E-state index contributed by atoms with van der Waals surface area (Å²) in [6.07, 6.45) is 0.767. The molecular weight excluding hydrogens is 252 g/mol. The van der Waals surface area contributed by atoms with E-state index >= 15 is 0 Å². The van der Waals surface area contributed by atoms with Crippen LogP contribution in [-0.2, 0) is 14.4 Å². The number of fused-ring (bicyclic) bond motifs is 1. The molecular formula is C12H16N2O3S. The maximum Gasteiger partial charge on any atom is 0.253 e. The summed E-state index contributed by atoms with van der Waals surface area (Å²) < 4.78 is 0. The van der Waals surface area contributed by atoms with Crippen molar-refractivity contribution in [1.29, 1.82) is 0 Å². The van der Waals surface area contributed by atoms with Crippen molar-refractivity contribution in [1.82, 2.24) is 10.2 Å². The summed E-state index contributed by atoms with van der Waals surface area (Å²) in [4.78, 5) is 36.3. The standard InChI is InChI=1S/C12H16N2O3S/c1-4-8-5-18-12-9(13-7(3)16)11(17)14(12)10(8)6(2)15/h9,12H,4-5H2,1-3H3,(H,13,16)/t9-,12-/m1/s1. The van der Waals surface area contributed by atoms with E-state index in [2.05, 4.69) is 5.32 Å². The van der Waals surface area contributed by atoms with Gasteiger partial charge in [0.1, 0.15) is 11.4 Å². The number of hydrogen-bond donors (Lipinski definition) is 1. The van der Waals surface area contributed by atoms with Gasteiger partial charge in [-0.25, -0.2) is 0 Å². The zero-order valence-corrected chi connectivity index (χ0v) is 11.5. The third-order valence-electron chi connectivity index (χ3n) is 3.17. The Kier molecular flexibility index (Phi) is 3.47. The molecule has 0 saturated carbocycles. The fourth-order valence-corrected chi connectivity index (χ4v) is 3.79. The van der Waals surface area contributed by atoms with Crippen molar-refractivity contribution in [2.45, 2.75) is 38.6 Å². The highest BCUT2D eigenvalue weighted by Gasteiger charge is 2.52.